The summed E-state index contributed by atoms with van der Waals surface area (Å²) in [6.07, 6.45) is 2.87. The minimum atomic E-state index is -0.00463. The number of nitrogens with one attached hydrogen (secondary N) is 2. The van der Waals surface area contributed by atoms with Crippen LogP contribution in [-0.2, 0) is 9.53 Å². The van der Waals surface area contributed by atoms with Gasteiger partial charge in [0.15, 0.2) is 5.75 Å². The Bertz CT molecular complexity index is 552. The normalized spacial score (nSPS) is 17.9. The predicted molar refractivity (Wildman–Crippen MR) is 109 cm³/mol. The number of hydrogen-bond acceptors (Lipinski definition) is 4. The molecular formula is C19H30Cl2N2O3. The smallest absolute Gasteiger partial charge is 0.224 e. The molecule has 0 saturated carbocycles. The maximum absolute atomic E-state index is 12.5. The quantitative estimate of drug-likeness (QED) is 0.607. The summed E-state index contributed by atoms with van der Waals surface area (Å²) in [4.78, 5) is 12.5. The fraction of sp³-hybridized carbons (Fsp3) is 0.632. The Labute approximate surface area is 167 Å². The van der Waals surface area contributed by atoms with Crippen molar-refractivity contribution in [1.82, 2.24) is 5.32 Å². The second-order valence-corrected chi connectivity index (χ2v) is 6.91. The van der Waals surface area contributed by atoms with Gasteiger partial charge in [-0.1, -0.05) is 24.6 Å². The summed E-state index contributed by atoms with van der Waals surface area (Å²) >= 11 is 6.23. The summed E-state index contributed by atoms with van der Waals surface area (Å²) < 4.78 is 11.0. The zero-order chi connectivity index (χ0) is 18.1. The summed E-state index contributed by atoms with van der Waals surface area (Å²) in [6.45, 7) is 7.69. The van der Waals surface area contributed by atoms with E-state index in [0.29, 0.717) is 54.5 Å². The van der Waals surface area contributed by atoms with E-state index in [-0.39, 0.29) is 18.3 Å². The van der Waals surface area contributed by atoms with Crippen LogP contribution in [0.5, 0.6) is 5.75 Å². The highest BCUT2D eigenvalue weighted by molar-refractivity contribution is 6.32. The number of piperidine rings is 1. The van der Waals surface area contributed by atoms with E-state index >= 15 is 0 Å². The third-order valence-electron chi connectivity index (χ3n) is 4.57. The van der Waals surface area contributed by atoms with Crippen LogP contribution in [0.4, 0.5) is 5.69 Å². The van der Waals surface area contributed by atoms with E-state index in [1.807, 2.05) is 19.1 Å². The number of para-hydroxylation sites is 1. The molecule has 26 heavy (non-hydrogen) atoms. The number of ether oxygens (including phenoxy) is 2. The molecular weight excluding hydrogens is 375 g/mol. The third kappa shape index (κ3) is 7.31. The summed E-state index contributed by atoms with van der Waals surface area (Å²) in [5.74, 6) is 1.40. The van der Waals surface area contributed by atoms with Gasteiger partial charge in [-0.3, -0.25) is 4.79 Å². The predicted octanol–water partition coefficient (Wildman–Crippen LogP) is 4.14. The number of benzene rings is 1. The molecule has 0 spiro atoms. The average Bonchev–Trinajstić information content (AvgIpc) is 2.61. The van der Waals surface area contributed by atoms with Crippen molar-refractivity contribution in [2.45, 2.75) is 33.1 Å². The molecule has 7 heteroatoms. The number of anilines is 1. The lowest BCUT2D eigenvalue weighted by molar-refractivity contribution is -0.117. The van der Waals surface area contributed by atoms with Crippen molar-refractivity contribution in [3.05, 3.63) is 23.2 Å². The number of amides is 1. The Morgan fingerprint density at radius 2 is 2.23 bits per heavy atom. The standard InChI is InChI=1S/C19H29ClN2O3.ClH/c1-3-24-10-11-25-19-16(20)7-4-8-17(19)22-18(23)12-14(2)15-6-5-9-21-13-15;/h4,7-8,14-15,21H,3,5-6,9-13H2,1-2H3,(H,22,23);1H. The third-order valence-corrected chi connectivity index (χ3v) is 4.86. The molecule has 148 valence electrons. The zero-order valence-corrected chi connectivity index (χ0v) is 17.1. The zero-order valence-electron chi connectivity index (χ0n) is 15.6. The Balaban J connectivity index is 0.00000338. The minimum Gasteiger partial charge on any atom is -0.487 e. The molecule has 0 bridgehead atoms. The minimum absolute atomic E-state index is 0. The SMILES string of the molecule is CCOCCOc1c(Cl)cccc1NC(=O)CC(C)C1CCCNC1.Cl. The number of halogens is 2. The topological polar surface area (TPSA) is 59.6 Å². The molecule has 1 amide bonds. The van der Waals surface area contributed by atoms with Gasteiger partial charge in [-0.2, -0.15) is 0 Å². The van der Waals surface area contributed by atoms with Crippen LogP contribution in [0.1, 0.15) is 33.1 Å². The molecule has 1 aliphatic rings. The molecule has 2 atom stereocenters. The molecule has 1 aliphatic heterocycles. The van der Waals surface area contributed by atoms with Crippen LogP contribution in [0.3, 0.4) is 0 Å². The van der Waals surface area contributed by atoms with Crippen LogP contribution in [0.25, 0.3) is 0 Å². The van der Waals surface area contributed by atoms with E-state index in [4.69, 9.17) is 21.1 Å². The van der Waals surface area contributed by atoms with Gasteiger partial charge in [0.2, 0.25) is 5.91 Å². The van der Waals surface area contributed by atoms with E-state index in [1.165, 1.54) is 12.8 Å². The van der Waals surface area contributed by atoms with Crippen LogP contribution in [0, 0.1) is 11.8 Å². The van der Waals surface area contributed by atoms with Crippen molar-refractivity contribution >= 4 is 35.6 Å². The van der Waals surface area contributed by atoms with Crippen LogP contribution in [-0.4, -0.2) is 38.8 Å². The molecule has 1 heterocycles. The van der Waals surface area contributed by atoms with Crippen molar-refractivity contribution in [1.29, 1.82) is 0 Å². The lowest BCUT2D eigenvalue weighted by atomic mass is 9.85. The molecule has 2 rings (SSSR count). The maximum atomic E-state index is 12.5. The van der Waals surface area contributed by atoms with Gasteiger partial charge in [-0.25, -0.2) is 0 Å². The highest BCUT2D eigenvalue weighted by atomic mass is 35.5. The monoisotopic (exact) mass is 404 g/mol. The number of carbonyl (C=O) groups is 1. The van der Waals surface area contributed by atoms with Crippen molar-refractivity contribution in [2.24, 2.45) is 11.8 Å². The van der Waals surface area contributed by atoms with E-state index in [9.17, 15) is 4.79 Å². The first-order chi connectivity index (χ1) is 12.1. The first-order valence-electron chi connectivity index (χ1n) is 9.11. The first-order valence-corrected chi connectivity index (χ1v) is 9.49. The maximum Gasteiger partial charge on any atom is 0.224 e. The van der Waals surface area contributed by atoms with E-state index in [0.717, 1.165) is 13.1 Å². The molecule has 2 unspecified atom stereocenters. The molecule has 1 aromatic rings. The number of hydrogen-bond donors (Lipinski definition) is 2. The van der Waals surface area contributed by atoms with Gasteiger partial charge in [0.25, 0.3) is 0 Å². The Hall–Kier alpha value is -1.01. The van der Waals surface area contributed by atoms with E-state index in [1.54, 1.807) is 6.07 Å². The molecule has 2 N–H and O–H groups in total. The lowest BCUT2D eigenvalue weighted by Gasteiger charge is -2.28. The van der Waals surface area contributed by atoms with Gasteiger partial charge in [0.1, 0.15) is 6.61 Å². The molecule has 1 fully saturated rings. The largest absolute Gasteiger partial charge is 0.487 e. The first kappa shape index (κ1) is 23.0. The van der Waals surface area contributed by atoms with Crippen LogP contribution in [0.15, 0.2) is 18.2 Å². The summed E-state index contributed by atoms with van der Waals surface area (Å²) in [6, 6.07) is 5.37. The second kappa shape index (κ2) is 12.4. The average molecular weight is 405 g/mol. The Morgan fingerprint density at radius 3 is 2.92 bits per heavy atom. The van der Waals surface area contributed by atoms with Crippen LogP contribution < -0.4 is 15.4 Å². The summed E-state index contributed by atoms with van der Waals surface area (Å²) in [5, 5.41) is 6.85. The molecule has 1 saturated heterocycles. The highest BCUT2D eigenvalue weighted by Gasteiger charge is 2.22. The molecule has 0 aliphatic carbocycles. The second-order valence-electron chi connectivity index (χ2n) is 6.50. The van der Waals surface area contributed by atoms with Gasteiger partial charge >= 0.3 is 0 Å². The molecule has 0 aromatic heterocycles. The van der Waals surface area contributed by atoms with Gasteiger partial charge in [0, 0.05) is 13.0 Å². The number of rotatable bonds is 9. The molecule has 1 aromatic carbocycles. The van der Waals surface area contributed by atoms with Crippen molar-refractivity contribution in [2.75, 3.05) is 38.2 Å². The van der Waals surface area contributed by atoms with Crippen molar-refractivity contribution < 1.29 is 14.3 Å². The summed E-state index contributed by atoms with van der Waals surface area (Å²) in [7, 11) is 0. The van der Waals surface area contributed by atoms with Gasteiger partial charge in [0.05, 0.1) is 17.3 Å². The summed E-state index contributed by atoms with van der Waals surface area (Å²) in [5.41, 5.74) is 0.614. The van der Waals surface area contributed by atoms with Gasteiger partial charge in [-0.15, -0.1) is 12.4 Å². The van der Waals surface area contributed by atoms with Gasteiger partial charge in [-0.05, 0) is 56.8 Å². The Morgan fingerprint density at radius 1 is 1.42 bits per heavy atom. The van der Waals surface area contributed by atoms with E-state index < -0.39 is 0 Å². The van der Waals surface area contributed by atoms with Crippen molar-refractivity contribution in [3.63, 3.8) is 0 Å². The van der Waals surface area contributed by atoms with Crippen LogP contribution in [0.2, 0.25) is 5.02 Å². The van der Waals surface area contributed by atoms with Crippen molar-refractivity contribution in [3.8, 4) is 5.75 Å². The lowest BCUT2D eigenvalue weighted by Crippen LogP contribution is -2.34. The molecule has 5 nitrogen and oxygen atoms in total. The highest BCUT2D eigenvalue weighted by Crippen LogP contribution is 2.33. The Kier molecular flexibility index (Phi) is 11.0. The fourth-order valence-electron chi connectivity index (χ4n) is 3.13. The number of carbonyl (C=O) groups excluding carboxylic acids is 1. The van der Waals surface area contributed by atoms with E-state index in [2.05, 4.69) is 17.6 Å². The fourth-order valence-corrected chi connectivity index (χ4v) is 3.35. The molecule has 0 radical (unpaired) electrons. The van der Waals surface area contributed by atoms with Crippen LogP contribution >= 0.6 is 24.0 Å². The van der Waals surface area contributed by atoms with Gasteiger partial charge < -0.3 is 20.1 Å².